The number of rotatable bonds is 3. The Labute approximate surface area is 245 Å². The van der Waals surface area contributed by atoms with Crippen LogP contribution in [-0.4, -0.2) is 67.3 Å². The molecule has 7 rings (SSSR count). The number of benzene rings is 2. The molecule has 3 fully saturated rings. The van der Waals surface area contributed by atoms with Gasteiger partial charge in [-0.25, -0.2) is 8.78 Å². The van der Waals surface area contributed by atoms with Crippen LogP contribution in [0, 0.1) is 23.0 Å². The van der Waals surface area contributed by atoms with E-state index in [9.17, 15) is 9.65 Å². The minimum Gasteiger partial charge on any atom is -0.467 e. The first-order valence-corrected chi connectivity index (χ1v) is 14.8. The van der Waals surface area contributed by atoms with E-state index in [1.165, 1.54) is 45.2 Å². The quantitative estimate of drug-likeness (QED) is 0.316. The summed E-state index contributed by atoms with van der Waals surface area (Å²) in [4.78, 5) is 13.3. The number of nitrogens with two attached hydrogens (primary N) is 1. The van der Waals surface area contributed by atoms with Gasteiger partial charge in [-0.3, -0.25) is 0 Å². The summed E-state index contributed by atoms with van der Waals surface area (Å²) in [5.41, 5.74) is 6.39. The van der Waals surface area contributed by atoms with Gasteiger partial charge in [-0.2, -0.15) is 15.2 Å². The van der Waals surface area contributed by atoms with E-state index in [4.69, 9.17) is 22.1 Å². The molecule has 2 aromatic heterocycles. The van der Waals surface area contributed by atoms with Crippen LogP contribution in [0.2, 0.25) is 5.02 Å². The fraction of sp³-hybridized carbons (Fsp3) is 0.414. The number of halogens is 3. The Hall–Kier alpha value is -3.30. The molecule has 4 aromatic rings. The summed E-state index contributed by atoms with van der Waals surface area (Å²) in [6, 6.07) is 6.98. The summed E-state index contributed by atoms with van der Waals surface area (Å²) in [6.07, 6.45) is 4.98. The van der Waals surface area contributed by atoms with Gasteiger partial charge >= 0.3 is 6.01 Å². The maximum absolute atomic E-state index is 16.3. The van der Waals surface area contributed by atoms with E-state index in [2.05, 4.69) is 32.1 Å². The molecule has 3 saturated heterocycles. The zero-order valence-electron chi connectivity index (χ0n) is 22.8. The fourth-order valence-electron chi connectivity index (χ4n) is 6.09. The van der Waals surface area contributed by atoms with Gasteiger partial charge in [0.15, 0.2) is 5.82 Å². The van der Waals surface area contributed by atoms with Gasteiger partial charge in [-0.15, -0.1) is 11.3 Å². The Morgan fingerprint density at radius 1 is 1.17 bits per heavy atom. The minimum atomic E-state index is -0.700. The number of likely N-dealkylation sites (tertiary alicyclic amines) is 1. The number of thiophene rings is 1. The van der Waals surface area contributed by atoms with Gasteiger partial charge in [0.25, 0.3) is 0 Å². The van der Waals surface area contributed by atoms with Crippen molar-refractivity contribution in [2.75, 3.05) is 51.0 Å². The number of ether oxygens (including phenoxy) is 1. The molecular weight excluding hydrogens is 568 g/mol. The van der Waals surface area contributed by atoms with E-state index in [-0.39, 0.29) is 48.3 Å². The number of nitriles is 1. The average molecular weight is 598 g/mol. The first-order chi connectivity index (χ1) is 19.8. The fourth-order valence-corrected chi connectivity index (χ4v) is 7.34. The topological polar surface area (TPSA) is 103 Å². The number of nitrogens with zero attached hydrogens (tertiary/aromatic N) is 5. The second-order valence-corrected chi connectivity index (χ2v) is 12.2. The summed E-state index contributed by atoms with van der Waals surface area (Å²) in [5.74, 6) is -0.688. The van der Waals surface area contributed by atoms with Crippen LogP contribution in [0.15, 0.2) is 18.2 Å². The van der Waals surface area contributed by atoms with Gasteiger partial charge < -0.3 is 25.6 Å². The van der Waals surface area contributed by atoms with Crippen LogP contribution in [-0.2, 0) is 0 Å². The number of methoxy groups -OCH3 is 1. The Bertz CT molecular complexity index is 1670. The van der Waals surface area contributed by atoms with Crippen molar-refractivity contribution in [1.82, 2.24) is 20.2 Å². The van der Waals surface area contributed by atoms with Crippen LogP contribution in [0.25, 0.3) is 32.1 Å². The lowest BCUT2D eigenvalue weighted by molar-refractivity contribution is 0.380. The van der Waals surface area contributed by atoms with Crippen molar-refractivity contribution in [2.45, 2.75) is 37.8 Å². The Kier molecular flexibility index (Phi) is 7.59. The predicted molar refractivity (Wildman–Crippen MR) is 160 cm³/mol. The second-order valence-electron chi connectivity index (χ2n) is 10.8. The lowest BCUT2D eigenvalue weighted by atomic mass is 9.97. The molecule has 2 aromatic carbocycles. The third kappa shape index (κ3) is 5.03. The van der Waals surface area contributed by atoms with Crippen molar-refractivity contribution in [3.8, 4) is 23.2 Å². The molecular formula is C29H30ClF2N7OS. The number of hydrogen-bond acceptors (Lipinski definition) is 9. The first-order valence-electron chi connectivity index (χ1n) is 13.6. The van der Waals surface area contributed by atoms with E-state index < -0.39 is 11.6 Å². The standard InChI is InChI=1S/C24H19ClF2N6OS.C5H11N/c1-34-24-31-20-13(23(32-24)33-8-10-2-3-11(9-33)30-10)6-15(25)18(19(20)27)12-4-5-16(26)21-17(12)14(7-28)22(29)35-21;1-6-4-2-3-5-6/h4-6,10-11,30H,2-3,8-9,29H2,1H3;2-5H2,1H3. The van der Waals surface area contributed by atoms with Crippen molar-refractivity contribution in [3.05, 3.63) is 40.4 Å². The smallest absolute Gasteiger partial charge is 0.318 e. The molecule has 5 heterocycles. The van der Waals surface area contributed by atoms with Crippen LogP contribution in [0.5, 0.6) is 6.01 Å². The Morgan fingerprint density at radius 3 is 2.49 bits per heavy atom. The third-order valence-corrected chi connectivity index (χ3v) is 9.40. The molecule has 0 aliphatic carbocycles. The summed E-state index contributed by atoms with van der Waals surface area (Å²) in [5, 5.41) is 14.2. The molecule has 0 spiro atoms. The molecule has 214 valence electrons. The maximum atomic E-state index is 16.3. The van der Waals surface area contributed by atoms with Gasteiger partial charge in [-0.05, 0) is 63.5 Å². The van der Waals surface area contributed by atoms with Crippen molar-refractivity contribution < 1.29 is 13.5 Å². The number of hydrogen-bond donors (Lipinski definition) is 2. The van der Waals surface area contributed by atoms with Crippen LogP contribution in [0.3, 0.4) is 0 Å². The lowest BCUT2D eigenvalue weighted by Crippen LogP contribution is -2.51. The van der Waals surface area contributed by atoms with E-state index in [1.807, 2.05) is 6.07 Å². The molecule has 0 radical (unpaired) electrons. The second kappa shape index (κ2) is 11.2. The lowest BCUT2D eigenvalue weighted by Gasteiger charge is -2.34. The average Bonchev–Trinajstić information content (AvgIpc) is 3.67. The van der Waals surface area contributed by atoms with E-state index >= 15 is 4.39 Å². The first kappa shape index (κ1) is 27.8. The predicted octanol–water partition coefficient (Wildman–Crippen LogP) is 5.56. The maximum Gasteiger partial charge on any atom is 0.318 e. The number of aromatic nitrogens is 2. The molecule has 2 atom stereocenters. The highest BCUT2D eigenvalue weighted by atomic mass is 35.5. The molecule has 0 saturated carbocycles. The SMILES string of the molecule is CN1CCCC1.COc1nc(N2CC3CCC(C2)N3)c2cc(Cl)c(-c3ccc(F)c4sc(N)c(C#N)c34)c(F)c2n1. The van der Waals surface area contributed by atoms with Gasteiger partial charge in [-0.1, -0.05) is 17.7 Å². The van der Waals surface area contributed by atoms with Gasteiger partial charge in [0, 0.05) is 41.5 Å². The van der Waals surface area contributed by atoms with Gasteiger partial charge in [0.1, 0.15) is 28.2 Å². The Morgan fingerprint density at radius 2 is 1.88 bits per heavy atom. The molecule has 0 amide bonds. The minimum absolute atomic E-state index is 0.0190. The van der Waals surface area contributed by atoms with Crippen LogP contribution < -0.4 is 20.7 Å². The van der Waals surface area contributed by atoms with Crippen LogP contribution in [0.4, 0.5) is 19.6 Å². The number of nitrogen functional groups attached to an aromatic ring is 1. The highest BCUT2D eigenvalue weighted by molar-refractivity contribution is 7.23. The summed E-state index contributed by atoms with van der Waals surface area (Å²) >= 11 is 7.62. The van der Waals surface area contributed by atoms with E-state index in [0.29, 0.717) is 23.3 Å². The number of anilines is 2. The molecule has 2 bridgehead atoms. The van der Waals surface area contributed by atoms with Crippen molar-refractivity contribution in [3.63, 3.8) is 0 Å². The molecule has 12 heteroatoms. The number of fused-ring (bicyclic) bond motifs is 4. The summed E-state index contributed by atoms with van der Waals surface area (Å²) in [6.45, 7) is 4.09. The van der Waals surface area contributed by atoms with Crippen LogP contribution >= 0.6 is 22.9 Å². The highest BCUT2D eigenvalue weighted by Crippen LogP contribution is 2.45. The molecule has 2 unspecified atom stereocenters. The molecule has 8 nitrogen and oxygen atoms in total. The molecule has 3 N–H and O–H groups in total. The van der Waals surface area contributed by atoms with Crippen molar-refractivity contribution in [2.24, 2.45) is 0 Å². The normalized spacial score (nSPS) is 20.3. The largest absolute Gasteiger partial charge is 0.467 e. The number of piperazine rings is 1. The number of nitrogens with one attached hydrogen (secondary N) is 1. The third-order valence-electron chi connectivity index (χ3n) is 8.07. The highest BCUT2D eigenvalue weighted by Gasteiger charge is 2.34. The zero-order valence-corrected chi connectivity index (χ0v) is 24.4. The molecule has 3 aliphatic heterocycles. The summed E-state index contributed by atoms with van der Waals surface area (Å²) in [7, 11) is 3.60. The van der Waals surface area contributed by atoms with E-state index in [0.717, 1.165) is 37.3 Å². The van der Waals surface area contributed by atoms with Gasteiger partial charge in [0.2, 0.25) is 0 Å². The van der Waals surface area contributed by atoms with Crippen molar-refractivity contribution in [1.29, 1.82) is 5.26 Å². The van der Waals surface area contributed by atoms with E-state index in [1.54, 1.807) is 6.07 Å². The molecule has 41 heavy (non-hydrogen) atoms. The molecule has 3 aliphatic rings. The van der Waals surface area contributed by atoms with Crippen LogP contribution in [0.1, 0.15) is 31.2 Å². The van der Waals surface area contributed by atoms with Crippen molar-refractivity contribution >= 4 is 54.7 Å². The monoisotopic (exact) mass is 597 g/mol. The summed E-state index contributed by atoms with van der Waals surface area (Å²) < 4.78 is 36.3. The Balaban J connectivity index is 0.000000449. The zero-order chi connectivity index (χ0) is 28.8. The van der Waals surface area contributed by atoms with Gasteiger partial charge in [0.05, 0.1) is 22.4 Å².